The van der Waals surface area contributed by atoms with Crippen LogP contribution in [0.4, 0.5) is 0 Å². The second-order valence-electron chi connectivity index (χ2n) is 5.34. The van der Waals surface area contributed by atoms with E-state index in [-0.39, 0.29) is 17.9 Å². The first-order chi connectivity index (χ1) is 12.0. The molecule has 2 aromatic heterocycles. The normalized spacial score (nSPS) is 10.4. The van der Waals surface area contributed by atoms with Crippen molar-refractivity contribution in [3.8, 4) is 23.0 Å². The molecule has 0 spiro atoms. The van der Waals surface area contributed by atoms with E-state index in [1.54, 1.807) is 18.3 Å². The molecule has 1 N–H and O–H groups in total. The van der Waals surface area contributed by atoms with E-state index in [1.165, 1.54) is 0 Å². The van der Waals surface area contributed by atoms with Crippen molar-refractivity contribution in [2.75, 3.05) is 0 Å². The number of aromatic nitrogens is 3. The first kappa shape index (κ1) is 16.4. The molecule has 25 heavy (non-hydrogen) atoms. The Bertz CT molecular complexity index is 919. The molecule has 0 bridgehead atoms. The smallest absolute Gasteiger partial charge is 0.331 e. The number of benzene rings is 1. The van der Waals surface area contributed by atoms with Crippen LogP contribution in [0, 0.1) is 6.92 Å². The molecule has 7 nitrogen and oxygen atoms in total. The van der Waals surface area contributed by atoms with Crippen LogP contribution >= 0.6 is 0 Å². The molecular weight excluding hydrogens is 322 g/mol. The standard InChI is InChI=1S/C18H15N3O4/c1-11-9-13(24-15-5-3-4-8-19-15)6-7-14(11)17-20-16(25-21-17)10-12(2)18(22)23/h3-9H,2,10H2,1H3,(H,22,23). The number of pyridine rings is 1. The predicted octanol–water partition coefficient (Wildman–Crippen LogP) is 3.42. The van der Waals surface area contributed by atoms with Crippen LogP contribution in [0.3, 0.4) is 0 Å². The number of nitrogens with zero attached hydrogens (tertiary/aromatic N) is 3. The number of ether oxygens (including phenoxy) is 1. The molecule has 0 saturated heterocycles. The molecule has 0 radical (unpaired) electrons. The molecule has 0 atom stereocenters. The average molecular weight is 337 g/mol. The minimum absolute atomic E-state index is 0.00223. The Balaban J connectivity index is 1.78. The molecule has 0 saturated carbocycles. The van der Waals surface area contributed by atoms with Gasteiger partial charge in [-0.05, 0) is 36.8 Å². The van der Waals surface area contributed by atoms with E-state index in [0.29, 0.717) is 17.5 Å². The van der Waals surface area contributed by atoms with E-state index in [2.05, 4.69) is 21.7 Å². The van der Waals surface area contributed by atoms with Gasteiger partial charge in [0.05, 0.1) is 6.42 Å². The number of carbonyl (C=O) groups is 1. The van der Waals surface area contributed by atoms with Gasteiger partial charge in [0, 0.05) is 23.4 Å². The molecular formula is C18H15N3O4. The molecule has 0 aliphatic rings. The van der Waals surface area contributed by atoms with Crippen LogP contribution in [0.2, 0.25) is 0 Å². The molecule has 126 valence electrons. The monoisotopic (exact) mass is 337 g/mol. The van der Waals surface area contributed by atoms with E-state index in [4.69, 9.17) is 14.4 Å². The first-order valence-electron chi connectivity index (χ1n) is 7.46. The van der Waals surface area contributed by atoms with Gasteiger partial charge in [-0.25, -0.2) is 9.78 Å². The van der Waals surface area contributed by atoms with E-state index >= 15 is 0 Å². The highest BCUT2D eigenvalue weighted by atomic mass is 16.5. The Morgan fingerprint density at radius 3 is 2.84 bits per heavy atom. The van der Waals surface area contributed by atoms with Gasteiger partial charge < -0.3 is 14.4 Å². The summed E-state index contributed by atoms with van der Waals surface area (Å²) in [4.78, 5) is 19.1. The van der Waals surface area contributed by atoms with E-state index in [1.807, 2.05) is 31.2 Å². The van der Waals surface area contributed by atoms with Crippen molar-refractivity contribution in [2.24, 2.45) is 0 Å². The highest BCUT2D eigenvalue weighted by molar-refractivity contribution is 5.86. The van der Waals surface area contributed by atoms with Crippen LogP contribution in [-0.4, -0.2) is 26.2 Å². The third-order valence-electron chi connectivity index (χ3n) is 3.43. The van der Waals surface area contributed by atoms with Gasteiger partial charge in [-0.3, -0.25) is 0 Å². The summed E-state index contributed by atoms with van der Waals surface area (Å²) < 4.78 is 10.8. The van der Waals surface area contributed by atoms with Crippen LogP contribution in [0.1, 0.15) is 11.5 Å². The van der Waals surface area contributed by atoms with Gasteiger partial charge in [0.1, 0.15) is 5.75 Å². The SMILES string of the molecule is C=C(Cc1nc(-c2ccc(Oc3ccccn3)cc2C)no1)C(=O)O. The highest BCUT2D eigenvalue weighted by Crippen LogP contribution is 2.27. The molecule has 3 rings (SSSR count). The topological polar surface area (TPSA) is 98.3 Å². The summed E-state index contributed by atoms with van der Waals surface area (Å²) in [7, 11) is 0. The minimum atomic E-state index is -1.09. The lowest BCUT2D eigenvalue weighted by atomic mass is 10.1. The number of hydrogen-bond acceptors (Lipinski definition) is 6. The van der Waals surface area contributed by atoms with Crippen molar-refractivity contribution >= 4 is 5.97 Å². The van der Waals surface area contributed by atoms with E-state index in [9.17, 15) is 4.79 Å². The fourth-order valence-corrected chi connectivity index (χ4v) is 2.17. The molecule has 0 aliphatic carbocycles. The van der Waals surface area contributed by atoms with Crippen molar-refractivity contribution in [3.63, 3.8) is 0 Å². The molecule has 7 heteroatoms. The number of aliphatic carboxylic acids is 1. The van der Waals surface area contributed by atoms with Crippen molar-refractivity contribution < 1.29 is 19.2 Å². The zero-order valence-corrected chi connectivity index (χ0v) is 13.5. The Morgan fingerprint density at radius 1 is 1.32 bits per heavy atom. The van der Waals surface area contributed by atoms with Crippen molar-refractivity contribution in [1.29, 1.82) is 0 Å². The van der Waals surface area contributed by atoms with Gasteiger partial charge in [0.15, 0.2) is 0 Å². The van der Waals surface area contributed by atoms with E-state index < -0.39 is 5.97 Å². The third-order valence-corrected chi connectivity index (χ3v) is 3.43. The van der Waals surface area contributed by atoms with Crippen LogP contribution in [0.5, 0.6) is 11.6 Å². The summed E-state index contributed by atoms with van der Waals surface area (Å²) in [6.07, 6.45) is 1.66. The molecule has 1 aromatic carbocycles. The number of carboxylic acid groups (broad SMARTS) is 1. The Morgan fingerprint density at radius 2 is 2.16 bits per heavy atom. The maximum Gasteiger partial charge on any atom is 0.331 e. The summed E-state index contributed by atoms with van der Waals surface area (Å²) in [6, 6.07) is 10.9. The third kappa shape index (κ3) is 3.89. The lowest BCUT2D eigenvalue weighted by Crippen LogP contribution is -2.02. The van der Waals surface area contributed by atoms with Gasteiger partial charge in [0.2, 0.25) is 17.6 Å². The second kappa shape index (κ2) is 6.96. The van der Waals surface area contributed by atoms with Crippen molar-refractivity contribution in [1.82, 2.24) is 15.1 Å². The van der Waals surface area contributed by atoms with Crippen LogP contribution in [-0.2, 0) is 11.2 Å². The second-order valence-corrected chi connectivity index (χ2v) is 5.34. The summed E-state index contributed by atoms with van der Waals surface area (Å²) in [5, 5.41) is 12.8. The molecule has 0 amide bonds. The van der Waals surface area contributed by atoms with Crippen LogP contribution < -0.4 is 4.74 Å². The summed E-state index contributed by atoms with van der Waals surface area (Å²) >= 11 is 0. The maximum absolute atomic E-state index is 10.8. The van der Waals surface area contributed by atoms with Crippen molar-refractivity contribution in [3.05, 3.63) is 66.2 Å². The fourth-order valence-electron chi connectivity index (χ4n) is 2.17. The van der Waals surface area contributed by atoms with Gasteiger partial charge in [0.25, 0.3) is 0 Å². The maximum atomic E-state index is 10.8. The lowest BCUT2D eigenvalue weighted by Gasteiger charge is -2.07. The van der Waals surface area contributed by atoms with Gasteiger partial charge in [-0.2, -0.15) is 4.98 Å². The quantitative estimate of drug-likeness (QED) is 0.688. The zero-order chi connectivity index (χ0) is 17.8. The first-order valence-corrected chi connectivity index (χ1v) is 7.46. The van der Waals surface area contributed by atoms with Crippen LogP contribution in [0.25, 0.3) is 11.4 Å². The summed E-state index contributed by atoms with van der Waals surface area (Å²) in [6.45, 7) is 5.35. The average Bonchev–Trinajstić information content (AvgIpc) is 3.04. The number of aryl methyl sites for hydroxylation is 1. The predicted molar refractivity (Wildman–Crippen MR) is 89.3 cm³/mol. The molecule has 3 aromatic rings. The van der Waals surface area contributed by atoms with E-state index in [0.717, 1.165) is 11.1 Å². The fraction of sp³-hybridized carbons (Fsp3) is 0.111. The largest absolute Gasteiger partial charge is 0.478 e. The van der Waals surface area contributed by atoms with Gasteiger partial charge >= 0.3 is 5.97 Å². The summed E-state index contributed by atoms with van der Waals surface area (Å²) in [5.41, 5.74) is 1.65. The van der Waals surface area contributed by atoms with Crippen molar-refractivity contribution in [2.45, 2.75) is 13.3 Å². The van der Waals surface area contributed by atoms with Crippen LogP contribution in [0.15, 0.2) is 59.3 Å². The number of hydrogen-bond donors (Lipinski definition) is 1. The Kier molecular flexibility index (Phi) is 4.56. The molecule has 0 aliphatic heterocycles. The van der Waals surface area contributed by atoms with Gasteiger partial charge in [-0.15, -0.1) is 0 Å². The zero-order valence-electron chi connectivity index (χ0n) is 13.5. The molecule has 0 fully saturated rings. The Labute approximate surface area is 143 Å². The highest BCUT2D eigenvalue weighted by Gasteiger charge is 2.14. The number of rotatable bonds is 6. The van der Waals surface area contributed by atoms with Gasteiger partial charge in [-0.1, -0.05) is 17.8 Å². The lowest BCUT2D eigenvalue weighted by molar-refractivity contribution is -0.132. The molecule has 2 heterocycles. The molecule has 0 unspecified atom stereocenters. The number of carboxylic acids is 1. The minimum Gasteiger partial charge on any atom is -0.478 e. The Hall–Kier alpha value is -3.48. The summed E-state index contributed by atoms with van der Waals surface area (Å²) in [5.74, 6) is 0.643.